The molecule has 0 aromatic heterocycles. The summed E-state index contributed by atoms with van der Waals surface area (Å²) in [6.07, 6.45) is 1.50. The number of carbonyl (C=O) groups excluding carboxylic acids is 1. The van der Waals surface area contributed by atoms with Gasteiger partial charge in [0.25, 0.3) is 5.91 Å². The first kappa shape index (κ1) is 7.61. The quantitative estimate of drug-likeness (QED) is 0.426. The molecule has 1 heterocycles. The third-order valence-electron chi connectivity index (χ3n) is 1.46. The Morgan fingerprint density at radius 1 is 1.73 bits per heavy atom. The van der Waals surface area contributed by atoms with Crippen molar-refractivity contribution in [1.82, 2.24) is 0 Å². The van der Waals surface area contributed by atoms with Gasteiger partial charge in [0.2, 0.25) is 0 Å². The summed E-state index contributed by atoms with van der Waals surface area (Å²) in [5.41, 5.74) is 4.89. The third-order valence-corrected chi connectivity index (χ3v) is 1.46. The van der Waals surface area contributed by atoms with Crippen molar-refractivity contribution in [2.45, 2.75) is 12.8 Å². The fourth-order valence-corrected chi connectivity index (χ4v) is 0.952. The third kappa shape index (κ3) is 1.49. The normalized spacial score (nSPS) is 20.3. The highest BCUT2D eigenvalue weighted by Gasteiger charge is 2.17. The highest BCUT2D eigenvalue weighted by Crippen LogP contribution is 2.19. The number of rotatable bonds is 1. The van der Waals surface area contributed by atoms with Gasteiger partial charge in [-0.25, -0.2) is 0 Å². The van der Waals surface area contributed by atoms with Crippen molar-refractivity contribution in [2.75, 3.05) is 6.61 Å². The Morgan fingerprint density at radius 3 is 2.82 bits per heavy atom. The van der Waals surface area contributed by atoms with Gasteiger partial charge in [-0.15, -0.1) is 0 Å². The van der Waals surface area contributed by atoms with Gasteiger partial charge in [-0.2, -0.15) is 5.26 Å². The van der Waals surface area contributed by atoms with Crippen LogP contribution < -0.4 is 5.73 Å². The van der Waals surface area contributed by atoms with Crippen LogP contribution in [0.4, 0.5) is 0 Å². The molecule has 0 atom stereocenters. The van der Waals surface area contributed by atoms with Crippen LogP contribution in [0.25, 0.3) is 0 Å². The number of carbonyl (C=O) groups is 1. The van der Waals surface area contributed by atoms with Crippen LogP contribution in [-0.4, -0.2) is 12.5 Å². The van der Waals surface area contributed by atoms with Crippen molar-refractivity contribution in [2.24, 2.45) is 5.73 Å². The lowest BCUT2D eigenvalue weighted by atomic mass is 10.2. The first-order valence-electron chi connectivity index (χ1n) is 3.31. The van der Waals surface area contributed by atoms with Crippen LogP contribution >= 0.6 is 0 Å². The van der Waals surface area contributed by atoms with E-state index in [2.05, 4.69) is 0 Å². The molecule has 1 fully saturated rings. The summed E-state index contributed by atoms with van der Waals surface area (Å²) >= 11 is 0. The number of nitrogens with zero attached hydrogens (tertiary/aromatic N) is 1. The maximum absolute atomic E-state index is 10.6. The van der Waals surface area contributed by atoms with Crippen LogP contribution in [0.3, 0.4) is 0 Å². The molecule has 58 valence electrons. The van der Waals surface area contributed by atoms with Crippen LogP contribution in [0.2, 0.25) is 0 Å². The van der Waals surface area contributed by atoms with E-state index in [1.54, 1.807) is 6.07 Å². The molecule has 0 spiro atoms. The standard InChI is InChI=1S/C7H8N2O2/c8-4-5(7(9)10)6-2-1-3-11-6/h1-3H2,(H2,9,10). The second-order valence-corrected chi connectivity index (χ2v) is 2.23. The monoisotopic (exact) mass is 152 g/mol. The molecule has 11 heavy (non-hydrogen) atoms. The minimum absolute atomic E-state index is 0.0394. The van der Waals surface area contributed by atoms with Gasteiger partial charge in [0.05, 0.1) is 6.61 Å². The average molecular weight is 152 g/mol. The van der Waals surface area contributed by atoms with Gasteiger partial charge in [0.15, 0.2) is 5.57 Å². The minimum Gasteiger partial charge on any atom is -0.496 e. The van der Waals surface area contributed by atoms with Gasteiger partial charge in [-0.1, -0.05) is 0 Å². The number of nitriles is 1. The van der Waals surface area contributed by atoms with E-state index in [0.717, 1.165) is 6.42 Å². The Hall–Kier alpha value is -1.50. The molecule has 0 radical (unpaired) electrons. The SMILES string of the molecule is N#CC(C(N)=O)=C1CCCO1. The lowest BCUT2D eigenvalue weighted by Gasteiger charge is -1.98. The van der Waals surface area contributed by atoms with E-state index in [4.69, 9.17) is 15.7 Å². The van der Waals surface area contributed by atoms with E-state index in [1.165, 1.54) is 0 Å². The summed E-state index contributed by atoms with van der Waals surface area (Å²) in [5.74, 6) is -0.260. The highest BCUT2D eigenvalue weighted by molar-refractivity contribution is 5.96. The van der Waals surface area contributed by atoms with Gasteiger partial charge >= 0.3 is 0 Å². The van der Waals surface area contributed by atoms with Crippen LogP contribution in [0.15, 0.2) is 11.3 Å². The van der Waals surface area contributed by atoms with E-state index >= 15 is 0 Å². The number of amides is 1. The van der Waals surface area contributed by atoms with E-state index < -0.39 is 5.91 Å². The molecule has 4 nitrogen and oxygen atoms in total. The fourth-order valence-electron chi connectivity index (χ4n) is 0.952. The smallest absolute Gasteiger partial charge is 0.262 e. The summed E-state index contributed by atoms with van der Waals surface area (Å²) < 4.78 is 5.02. The summed E-state index contributed by atoms with van der Waals surface area (Å²) in [6.45, 7) is 0.577. The van der Waals surface area contributed by atoms with E-state index in [-0.39, 0.29) is 5.57 Å². The van der Waals surface area contributed by atoms with Gasteiger partial charge in [0, 0.05) is 6.42 Å². The van der Waals surface area contributed by atoms with Crippen LogP contribution in [-0.2, 0) is 9.53 Å². The van der Waals surface area contributed by atoms with Gasteiger partial charge < -0.3 is 10.5 Å². The van der Waals surface area contributed by atoms with Gasteiger partial charge in [-0.3, -0.25) is 4.79 Å². The zero-order valence-electron chi connectivity index (χ0n) is 5.96. The highest BCUT2D eigenvalue weighted by atomic mass is 16.5. The molecule has 1 aliphatic heterocycles. The molecule has 1 amide bonds. The van der Waals surface area contributed by atoms with Gasteiger partial charge in [-0.05, 0) is 6.42 Å². The predicted molar refractivity (Wildman–Crippen MR) is 37.0 cm³/mol. The van der Waals surface area contributed by atoms with Crippen molar-refractivity contribution in [3.63, 3.8) is 0 Å². The Bertz CT molecular complexity index is 242. The number of ether oxygens (including phenoxy) is 1. The molecular weight excluding hydrogens is 144 g/mol. The van der Waals surface area contributed by atoms with Crippen LogP contribution in [0, 0.1) is 11.3 Å². The maximum atomic E-state index is 10.6. The van der Waals surface area contributed by atoms with Crippen molar-refractivity contribution in [3.8, 4) is 6.07 Å². The summed E-state index contributed by atoms with van der Waals surface area (Å²) in [5, 5.41) is 8.47. The number of allylic oxidation sites excluding steroid dienone is 1. The second-order valence-electron chi connectivity index (χ2n) is 2.23. The molecule has 0 aliphatic carbocycles. The number of nitrogens with two attached hydrogens (primary N) is 1. The summed E-state index contributed by atoms with van der Waals surface area (Å²) in [4.78, 5) is 10.6. The average Bonchev–Trinajstić information content (AvgIpc) is 2.40. The lowest BCUT2D eigenvalue weighted by Crippen LogP contribution is -2.14. The van der Waals surface area contributed by atoms with E-state index in [0.29, 0.717) is 18.8 Å². The Labute approximate surface area is 64.2 Å². The number of hydrogen-bond acceptors (Lipinski definition) is 3. The van der Waals surface area contributed by atoms with Crippen LogP contribution in [0.1, 0.15) is 12.8 Å². The zero-order valence-corrected chi connectivity index (χ0v) is 5.96. The Kier molecular flexibility index (Phi) is 2.12. The first-order valence-corrected chi connectivity index (χ1v) is 3.31. The molecule has 1 aliphatic rings. The predicted octanol–water partition coefficient (Wildman–Crippen LogP) is 0.0598. The molecule has 0 bridgehead atoms. The van der Waals surface area contributed by atoms with Crippen molar-refractivity contribution < 1.29 is 9.53 Å². The van der Waals surface area contributed by atoms with Crippen molar-refractivity contribution in [1.29, 1.82) is 5.26 Å². The molecule has 0 aromatic carbocycles. The first-order chi connectivity index (χ1) is 5.25. The number of primary amides is 1. The van der Waals surface area contributed by atoms with Gasteiger partial charge in [0.1, 0.15) is 11.8 Å². The molecular formula is C7H8N2O2. The zero-order chi connectivity index (χ0) is 8.27. The fraction of sp³-hybridized carbons (Fsp3) is 0.429. The van der Waals surface area contributed by atoms with E-state index in [9.17, 15) is 4.79 Å². The maximum Gasteiger partial charge on any atom is 0.262 e. The lowest BCUT2D eigenvalue weighted by molar-refractivity contribution is -0.114. The molecule has 2 N–H and O–H groups in total. The topological polar surface area (TPSA) is 76.1 Å². The molecule has 1 saturated heterocycles. The second kappa shape index (κ2) is 3.06. The minimum atomic E-state index is -0.704. The molecule has 0 aromatic rings. The summed E-state index contributed by atoms with van der Waals surface area (Å²) in [7, 11) is 0. The van der Waals surface area contributed by atoms with E-state index in [1.807, 2.05) is 0 Å². The van der Waals surface area contributed by atoms with Crippen molar-refractivity contribution >= 4 is 5.91 Å². The molecule has 1 rings (SSSR count). The Balaban J connectivity index is 2.90. The van der Waals surface area contributed by atoms with Crippen molar-refractivity contribution in [3.05, 3.63) is 11.3 Å². The summed E-state index contributed by atoms with van der Waals surface area (Å²) in [6, 6.07) is 1.72. The number of hydrogen-bond donors (Lipinski definition) is 1. The molecule has 4 heteroatoms. The molecule has 0 saturated carbocycles. The largest absolute Gasteiger partial charge is 0.496 e. The molecule has 0 unspecified atom stereocenters. The Morgan fingerprint density at radius 2 is 2.45 bits per heavy atom. The van der Waals surface area contributed by atoms with Crippen LogP contribution in [0.5, 0.6) is 0 Å².